The molecule has 2 rings (SSSR count). The Hall–Kier alpha value is -3.83. The molecule has 1 fully saturated rings. The lowest BCUT2D eigenvalue weighted by molar-refractivity contribution is -0.149. The Morgan fingerprint density at radius 3 is 2.35 bits per heavy atom. The summed E-state index contributed by atoms with van der Waals surface area (Å²) in [6.07, 6.45) is 0.400. The second-order valence-corrected chi connectivity index (χ2v) is 9.91. The Labute approximate surface area is 215 Å². The molecule has 204 valence electrons. The van der Waals surface area contributed by atoms with E-state index < -0.39 is 66.5 Å². The van der Waals surface area contributed by atoms with Crippen LogP contribution in [0, 0.1) is 6.92 Å². The Morgan fingerprint density at radius 2 is 1.84 bits per heavy atom. The number of aromatic hydroxyl groups is 1. The molecule has 1 aromatic carbocycles. The van der Waals surface area contributed by atoms with E-state index >= 15 is 0 Å². The van der Waals surface area contributed by atoms with Crippen LogP contribution in [0.25, 0.3) is 0 Å². The molecule has 1 aliphatic carbocycles. The summed E-state index contributed by atoms with van der Waals surface area (Å²) in [5, 5.41) is 15.7. The molecule has 1 aliphatic rings. The van der Waals surface area contributed by atoms with Gasteiger partial charge in [-0.25, -0.2) is 4.79 Å². The molecular formula is C25H36N4O8. The van der Waals surface area contributed by atoms with Crippen LogP contribution in [0.4, 0.5) is 4.79 Å². The van der Waals surface area contributed by atoms with E-state index in [0.717, 1.165) is 6.42 Å². The van der Waals surface area contributed by atoms with Crippen molar-refractivity contribution in [3.8, 4) is 5.75 Å². The number of benzene rings is 1. The number of para-hydroxylation sites is 1. The average molecular weight is 521 g/mol. The number of nitrogens with two attached hydrogens (primary N) is 1. The number of aryl methyl sites for hydroxylation is 1. The second kappa shape index (κ2) is 12.4. The van der Waals surface area contributed by atoms with Crippen LogP contribution in [-0.2, 0) is 28.7 Å². The monoisotopic (exact) mass is 520 g/mol. The van der Waals surface area contributed by atoms with E-state index in [0.29, 0.717) is 18.4 Å². The molecule has 0 bridgehead atoms. The Balaban J connectivity index is 2.54. The number of esters is 1. The second-order valence-electron chi connectivity index (χ2n) is 9.91. The maximum Gasteiger partial charge on any atom is 0.408 e. The van der Waals surface area contributed by atoms with Crippen molar-refractivity contribution in [3.05, 3.63) is 29.3 Å². The summed E-state index contributed by atoms with van der Waals surface area (Å²) >= 11 is 0. The van der Waals surface area contributed by atoms with E-state index in [1.807, 2.05) is 0 Å². The maximum atomic E-state index is 13.9. The van der Waals surface area contributed by atoms with Crippen LogP contribution < -0.4 is 16.4 Å². The van der Waals surface area contributed by atoms with E-state index in [1.165, 1.54) is 18.1 Å². The lowest BCUT2D eigenvalue weighted by atomic mass is 9.87. The third-order valence-electron chi connectivity index (χ3n) is 5.84. The fourth-order valence-corrected chi connectivity index (χ4v) is 3.86. The fourth-order valence-electron chi connectivity index (χ4n) is 3.86. The summed E-state index contributed by atoms with van der Waals surface area (Å²) in [7, 11) is 1.17. The number of carbonyl (C=O) groups is 5. The quantitative estimate of drug-likeness (QED) is 0.332. The number of phenolic OH excluding ortho intramolecular Hbond substituents is 1. The summed E-state index contributed by atoms with van der Waals surface area (Å²) in [6, 6.07) is 1.51. The lowest BCUT2D eigenvalue weighted by Gasteiger charge is -2.43. The number of hydrogen-bond acceptors (Lipinski definition) is 8. The van der Waals surface area contributed by atoms with Gasteiger partial charge in [-0.1, -0.05) is 18.2 Å². The van der Waals surface area contributed by atoms with Gasteiger partial charge in [0.25, 0.3) is 0 Å². The van der Waals surface area contributed by atoms with Gasteiger partial charge in [-0.15, -0.1) is 0 Å². The summed E-state index contributed by atoms with van der Waals surface area (Å²) < 4.78 is 9.83. The van der Waals surface area contributed by atoms with Crippen molar-refractivity contribution in [1.82, 2.24) is 15.5 Å². The van der Waals surface area contributed by atoms with Crippen molar-refractivity contribution in [3.63, 3.8) is 0 Å². The number of phenols is 1. The molecule has 4 amide bonds. The summed E-state index contributed by atoms with van der Waals surface area (Å²) in [5.74, 6) is -3.27. The topological polar surface area (TPSA) is 177 Å². The number of amides is 4. The first kappa shape index (κ1) is 29.4. The minimum Gasteiger partial charge on any atom is -0.507 e. The van der Waals surface area contributed by atoms with Crippen LogP contribution in [0.5, 0.6) is 5.75 Å². The van der Waals surface area contributed by atoms with Gasteiger partial charge >= 0.3 is 12.1 Å². The minimum atomic E-state index is -1.43. The Morgan fingerprint density at radius 1 is 1.19 bits per heavy atom. The minimum absolute atomic E-state index is 0.123. The van der Waals surface area contributed by atoms with E-state index in [2.05, 4.69) is 15.4 Å². The van der Waals surface area contributed by atoms with E-state index in [-0.39, 0.29) is 11.3 Å². The molecule has 1 saturated carbocycles. The summed E-state index contributed by atoms with van der Waals surface area (Å²) in [4.78, 5) is 64.6. The van der Waals surface area contributed by atoms with Gasteiger partial charge in [-0.2, -0.15) is 0 Å². The van der Waals surface area contributed by atoms with Gasteiger partial charge in [-0.3, -0.25) is 19.2 Å². The van der Waals surface area contributed by atoms with Gasteiger partial charge in [0.15, 0.2) is 0 Å². The van der Waals surface area contributed by atoms with Crippen LogP contribution in [-0.4, -0.2) is 71.1 Å². The molecule has 0 aliphatic heterocycles. The zero-order chi connectivity index (χ0) is 27.9. The van der Waals surface area contributed by atoms with Crippen LogP contribution in [0.15, 0.2) is 18.2 Å². The van der Waals surface area contributed by atoms with Crippen molar-refractivity contribution >= 4 is 29.8 Å². The number of methoxy groups -OCH3 is 1. The van der Waals surface area contributed by atoms with Crippen molar-refractivity contribution < 1.29 is 38.6 Å². The Bertz CT molecular complexity index is 1030. The van der Waals surface area contributed by atoms with Gasteiger partial charge in [0.2, 0.25) is 17.7 Å². The van der Waals surface area contributed by atoms with Crippen LogP contribution >= 0.6 is 0 Å². The number of carbonyl (C=O) groups excluding carboxylic acids is 5. The molecule has 0 aromatic heterocycles. The average Bonchev–Trinajstić information content (AvgIpc) is 2.75. The molecule has 2 atom stereocenters. The highest BCUT2D eigenvalue weighted by Gasteiger charge is 2.43. The highest BCUT2D eigenvalue weighted by molar-refractivity contribution is 5.95. The first-order valence-electron chi connectivity index (χ1n) is 12.0. The largest absolute Gasteiger partial charge is 0.507 e. The molecule has 5 N–H and O–H groups in total. The number of rotatable bonds is 10. The molecular weight excluding hydrogens is 484 g/mol. The van der Waals surface area contributed by atoms with Gasteiger partial charge < -0.3 is 35.8 Å². The molecule has 12 nitrogen and oxygen atoms in total. The predicted octanol–water partition coefficient (Wildman–Crippen LogP) is 1.18. The van der Waals surface area contributed by atoms with E-state index in [4.69, 9.17) is 10.5 Å². The van der Waals surface area contributed by atoms with Gasteiger partial charge in [0.1, 0.15) is 30.0 Å². The molecule has 2 unspecified atom stereocenters. The number of nitrogens with zero attached hydrogens (tertiary/aromatic N) is 1. The predicted molar refractivity (Wildman–Crippen MR) is 132 cm³/mol. The zero-order valence-electron chi connectivity index (χ0n) is 21.8. The van der Waals surface area contributed by atoms with Crippen LogP contribution in [0.2, 0.25) is 0 Å². The van der Waals surface area contributed by atoms with Crippen molar-refractivity contribution in [2.75, 3.05) is 13.7 Å². The number of hydrogen-bond donors (Lipinski definition) is 4. The highest BCUT2D eigenvalue weighted by atomic mass is 16.6. The standard InChI is InChI=1S/C25H36N4O8/c1-14-8-6-11-16(21(14)32)20(22(33)27-13-19(31)36-5)29(15-9-7-10-15)23(34)17(12-18(26)30)28-24(35)37-25(2,3)4/h6,8,11,15,17,20,32H,7,9-10,12-13H2,1-5H3,(H2,26,30)(H,27,33)(H,28,35). The van der Waals surface area contributed by atoms with Crippen LogP contribution in [0.1, 0.15) is 63.6 Å². The summed E-state index contributed by atoms with van der Waals surface area (Å²) in [6.45, 7) is 6.09. The molecule has 0 spiro atoms. The maximum absolute atomic E-state index is 13.9. The third-order valence-corrected chi connectivity index (χ3v) is 5.84. The summed E-state index contributed by atoms with van der Waals surface area (Å²) in [5.41, 5.74) is 5.08. The lowest BCUT2D eigenvalue weighted by Crippen LogP contribution is -2.58. The first-order valence-corrected chi connectivity index (χ1v) is 12.0. The fraction of sp³-hybridized carbons (Fsp3) is 0.560. The van der Waals surface area contributed by atoms with Crippen LogP contribution in [0.3, 0.4) is 0 Å². The number of primary amides is 1. The molecule has 37 heavy (non-hydrogen) atoms. The number of ether oxygens (including phenoxy) is 2. The van der Waals surface area contributed by atoms with E-state index in [9.17, 15) is 29.1 Å². The molecule has 0 radical (unpaired) electrons. The molecule has 1 aromatic rings. The van der Waals surface area contributed by atoms with Crippen molar-refractivity contribution in [2.24, 2.45) is 5.73 Å². The van der Waals surface area contributed by atoms with Gasteiger partial charge in [-0.05, 0) is 52.5 Å². The molecule has 0 saturated heterocycles. The highest BCUT2D eigenvalue weighted by Crippen LogP contribution is 2.37. The number of alkyl carbamates (subject to hydrolysis) is 1. The normalized spacial score (nSPS) is 14.9. The van der Waals surface area contributed by atoms with Gasteiger partial charge in [0, 0.05) is 11.6 Å². The van der Waals surface area contributed by atoms with Crippen molar-refractivity contribution in [2.45, 2.75) is 77.1 Å². The van der Waals surface area contributed by atoms with Crippen molar-refractivity contribution in [1.29, 1.82) is 0 Å². The third kappa shape index (κ3) is 8.09. The molecule has 12 heteroatoms. The van der Waals surface area contributed by atoms with E-state index in [1.54, 1.807) is 39.8 Å². The van der Waals surface area contributed by atoms with Gasteiger partial charge in [0.05, 0.1) is 13.5 Å². The SMILES string of the molecule is COC(=O)CNC(=O)C(c1cccc(C)c1O)N(C(=O)C(CC(N)=O)NC(=O)OC(C)(C)C)C1CCC1. The Kier molecular flexibility index (Phi) is 9.87. The molecule has 0 heterocycles. The zero-order valence-corrected chi connectivity index (χ0v) is 21.8. The first-order chi connectivity index (χ1) is 17.2. The number of nitrogens with one attached hydrogen (secondary N) is 2. The smallest absolute Gasteiger partial charge is 0.408 e.